The second-order valence-electron chi connectivity index (χ2n) is 3.06. The van der Waals surface area contributed by atoms with Gasteiger partial charge in [0.25, 0.3) is 5.56 Å². The Morgan fingerprint density at radius 3 is 2.47 bits per heavy atom. The molecule has 0 radical (unpaired) electrons. The molecular weight excluding hydrogens is 194 g/mol. The summed E-state index contributed by atoms with van der Waals surface area (Å²) < 4.78 is 2.20. The van der Waals surface area contributed by atoms with Gasteiger partial charge in [0.05, 0.1) is 5.69 Å². The fourth-order valence-electron chi connectivity index (χ4n) is 1.30. The van der Waals surface area contributed by atoms with Gasteiger partial charge in [-0.25, -0.2) is 14.0 Å². The average Bonchev–Trinajstić information content (AvgIpc) is 2.26. The Morgan fingerprint density at radius 2 is 1.80 bits per heavy atom. The van der Waals surface area contributed by atoms with E-state index in [1.165, 1.54) is 7.05 Å². The summed E-state index contributed by atoms with van der Waals surface area (Å²) in [4.78, 5) is 23.1. The van der Waals surface area contributed by atoms with Gasteiger partial charge in [-0.2, -0.15) is 5.10 Å². The van der Waals surface area contributed by atoms with Crippen LogP contribution in [0.25, 0.3) is 5.69 Å². The molecule has 1 aromatic carbocycles. The fraction of sp³-hybridized carbons (Fsp3) is 0.100. The SMILES string of the molecule is Cn1ncc(=O)n(-c2ccccc2)c1=O. The molecule has 1 heterocycles. The Kier molecular flexibility index (Phi) is 2.21. The van der Waals surface area contributed by atoms with Crippen LogP contribution in [0.2, 0.25) is 0 Å². The summed E-state index contributed by atoms with van der Waals surface area (Å²) in [5, 5.41) is 3.64. The molecule has 0 N–H and O–H groups in total. The molecule has 0 spiro atoms. The zero-order valence-electron chi connectivity index (χ0n) is 8.12. The van der Waals surface area contributed by atoms with E-state index in [4.69, 9.17) is 0 Å². The Hall–Kier alpha value is -2.17. The number of hydrogen-bond donors (Lipinski definition) is 0. The van der Waals surface area contributed by atoms with Crippen molar-refractivity contribution >= 4 is 0 Å². The number of para-hydroxylation sites is 1. The second kappa shape index (κ2) is 3.53. The number of nitrogens with zero attached hydrogens (tertiary/aromatic N) is 3. The highest BCUT2D eigenvalue weighted by Crippen LogP contribution is 1.99. The largest absolute Gasteiger partial charge is 0.351 e. The molecule has 2 aromatic rings. The first-order valence-corrected chi connectivity index (χ1v) is 4.41. The monoisotopic (exact) mass is 203 g/mol. The van der Waals surface area contributed by atoms with Gasteiger partial charge in [-0.15, -0.1) is 0 Å². The van der Waals surface area contributed by atoms with Gasteiger partial charge in [0.2, 0.25) is 0 Å². The Bertz CT molecular complexity index is 584. The molecule has 0 aliphatic heterocycles. The van der Waals surface area contributed by atoms with E-state index in [-0.39, 0.29) is 0 Å². The smallest absolute Gasteiger partial charge is 0.267 e. The lowest BCUT2D eigenvalue weighted by atomic mass is 10.3. The molecule has 0 fully saturated rings. The van der Waals surface area contributed by atoms with Crippen molar-refractivity contribution in [3.05, 3.63) is 57.4 Å². The van der Waals surface area contributed by atoms with Crippen molar-refractivity contribution in [1.82, 2.24) is 14.3 Å². The summed E-state index contributed by atoms with van der Waals surface area (Å²) in [5.74, 6) is 0. The van der Waals surface area contributed by atoms with E-state index in [1.54, 1.807) is 24.3 Å². The molecule has 5 heteroatoms. The number of benzene rings is 1. The van der Waals surface area contributed by atoms with E-state index in [9.17, 15) is 9.59 Å². The number of aromatic nitrogens is 3. The first-order valence-electron chi connectivity index (χ1n) is 4.41. The van der Waals surface area contributed by atoms with Crippen molar-refractivity contribution in [1.29, 1.82) is 0 Å². The molecule has 0 unspecified atom stereocenters. The maximum absolute atomic E-state index is 11.7. The lowest BCUT2D eigenvalue weighted by Crippen LogP contribution is -2.38. The highest BCUT2D eigenvalue weighted by Gasteiger charge is 2.04. The summed E-state index contributed by atoms with van der Waals surface area (Å²) in [6, 6.07) is 8.75. The van der Waals surface area contributed by atoms with Crippen molar-refractivity contribution in [3.63, 3.8) is 0 Å². The molecule has 0 bridgehead atoms. The molecule has 0 saturated carbocycles. The van der Waals surface area contributed by atoms with Gasteiger partial charge in [0.1, 0.15) is 6.20 Å². The average molecular weight is 203 g/mol. The summed E-state index contributed by atoms with van der Waals surface area (Å²) in [5.41, 5.74) is -0.330. The van der Waals surface area contributed by atoms with Gasteiger partial charge >= 0.3 is 5.69 Å². The summed E-state index contributed by atoms with van der Waals surface area (Å²) in [6.45, 7) is 0. The molecule has 0 atom stereocenters. The van der Waals surface area contributed by atoms with Crippen molar-refractivity contribution in [2.45, 2.75) is 0 Å². The zero-order valence-corrected chi connectivity index (χ0v) is 8.12. The van der Waals surface area contributed by atoms with Gasteiger partial charge in [-0.1, -0.05) is 18.2 Å². The van der Waals surface area contributed by atoms with Crippen molar-refractivity contribution in [3.8, 4) is 5.69 Å². The first-order chi connectivity index (χ1) is 7.20. The Morgan fingerprint density at radius 1 is 1.13 bits per heavy atom. The minimum absolute atomic E-state index is 0.427. The molecule has 2 rings (SSSR count). The lowest BCUT2D eigenvalue weighted by Gasteiger charge is -2.04. The molecule has 0 amide bonds. The predicted molar refractivity (Wildman–Crippen MR) is 55.1 cm³/mol. The van der Waals surface area contributed by atoms with E-state index in [2.05, 4.69) is 5.10 Å². The first kappa shape index (κ1) is 9.39. The van der Waals surface area contributed by atoms with Crippen LogP contribution in [0.4, 0.5) is 0 Å². The maximum atomic E-state index is 11.7. The van der Waals surface area contributed by atoms with E-state index in [1.807, 2.05) is 6.07 Å². The molecule has 0 aliphatic rings. The van der Waals surface area contributed by atoms with Gasteiger partial charge in [0.15, 0.2) is 0 Å². The third-order valence-corrected chi connectivity index (χ3v) is 2.04. The molecule has 76 valence electrons. The van der Waals surface area contributed by atoms with Crippen LogP contribution in [0.15, 0.2) is 46.1 Å². The minimum Gasteiger partial charge on any atom is -0.267 e. The van der Waals surface area contributed by atoms with E-state index in [0.29, 0.717) is 5.69 Å². The predicted octanol–water partition coefficient (Wildman–Crippen LogP) is -0.0688. The standard InChI is InChI=1S/C10H9N3O2/c1-12-10(15)13(9(14)7-11-12)8-5-3-2-4-6-8/h2-7H,1H3. The quantitative estimate of drug-likeness (QED) is 0.652. The van der Waals surface area contributed by atoms with Crippen LogP contribution in [0, 0.1) is 0 Å². The van der Waals surface area contributed by atoms with Crippen LogP contribution >= 0.6 is 0 Å². The van der Waals surface area contributed by atoms with Crippen LogP contribution in [-0.2, 0) is 7.05 Å². The van der Waals surface area contributed by atoms with Crippen LogP contribution < -0.4 is 11.2 Å². The molecular formula is C10H9N3O2. The van der Waals surface area contributed by atoms with Gasteiger partial charge in [-0.3, -0.25) is 4.79 Å². The van der Waals surface area contributed by atoms with Gasteiger partial charge < -0.3 is 0 Å². The van der Waals surface area contributed by atoms with E-state index >= 15 is 0 Å². The molecule has 1 aromatic heterocycles. The number of hydrogen-bond acceptors (Lipinski definition) is 3. The molecule has 0 saturated heterocycles. The van der Waals surface area contributed by atoms with Crippen molar-refractivity contribution < 1.29 is 0 Å². The summed E-state index contributed by atoms with van der Waals surface area (Å²) in [7, 11) is 1.50. The highest BCUT2D eigenvalue weighted by molar-refractivity contribution is 5.30. The lowest BCUT2D eigenvalue weighted by molar-refractivity contribution is 0.630. The summed E-state index contributed by atoms with van der Waals surface area (Å²) >= 11 is 0. The van der Waals surface area contributed by atoms with E-state index in [0.717, 1.165) is 15.4 Å². The third kappa shape index (κ3) is 1.59. The Balaban J connectivity index is 2.80. The highest BCUT2D eigenvalue weighted by atomic mass is 16.2. The van der Waals surface area contributed by atoms with Gasteiger partial charge in [-0.05, 0) is 12.1 Å². The van der Waals surface area contributed by atoms with E-state index < -0.39 is 11.2 Å². The van der Waals surface area contributed by atoms with Crippen molar-refractivity contribution in [2.24, 2.45) is 7.05 Å². The van der Waals surface area contributed by atoms with Crippen LogP contribution in [-0.4, -0.2) is 14.3 Å². The van der Waals surface area contributed by atoms with Crippen LogP contribution in [0.1, 0.15) is 0 Å². The topological polar surface area (TPSA) is 56.9 Å². The normalized spacial score (nSPS) is 10.2. The third-order valence-electron chi connectivity index (χ3n) is 2.04. The Labute approximate surface area is 85.2 Å². The minimum atomic E-state index is -0.450. The van der Waals surface area contributed by atoms with Crippen molar-refractivity contribution in [2.75, 3.05) is 0 Å². The molecule has 5 nitrogen and oxygen atoms in total. The zero-order chi connectivity index (χ0) is 10.8. The fourth-order valence-corrected chi connectivity index (χ4v) is 1.30. The van der Waals surface area contributed by atoms with Crippen LogP contribution in [0.5, 0.6) is 0 Å². The summed E-state index contributed by atoms with van der Waals surface area (Å²) in [6.07, 6.45) is 1.12. The van der Waals surface area contributed by atoms with Gasteiger partial charge in [0, 0.05) is 7.05 Å². The number of rotatable bonds is 1. The van der Waals surface area contributed by atoms with Crippen LogP contribution in [0.3, 0.4) is 0 Å². The number of aryl methyl sites for hydroxylation is 1. The molecule has 15 heavy (non-hydrogen) atoms. The maximum Gasteiger partial charge on any atom is 0.351 e. The second-order valence-corrected chi connectivity index (χ2v) is 3.06. The molecule has 0 aliphatic carbocycles.